The second-order valence-electron chi connectivity index (χ2n) is 2.28. The Kier molecular flexibility index (Phi) is 2.49. The smallest absolute Gasteiger partial charge is 0.220 e. The molecule has 64 valence electrons. The van der Waals surface area contributed by atoms with Crippen LogP contribution in [0.25, 0.3) is 0 Å². The molecule has 1 aliphatic rings. The van der Waals surface area contributed by atoms with Gasteiger partial charge in [0.25, 0.3) is 0 Å². The van der Waals surface area contributed by atoms with E-state index in [9.17, 15) is 5.11 Å². The summed E-state index contributed by atoms with van der Waals surface area (Å²) < 4.78 is 14.9. The SMILES string of the molecule is COC1(OC)C=COCC1O. The molecule has 0 saturated heterocycles. The van der Waals surface area contributed by atoms with Crippen molar-refractivity contribution in [2.45, 2.75) is 11.9 Å². The topological polar surface area (TPSA) is 47.9 Å². The molecule has 0 aromatic rings. The summed E-state index contributed by atoms with van der Waals surface area (Å²) >= 11 is 0. The van der Waals surface area contributed by atoms with Crippen LogP contribution in [0, 0.1) is 0 Å². The lowest BCUT2D eigenvalue weighted by Gasteiger charge is -2.34. The summed E-state index contributed by atoms with van der Waals surface area (Å²) in [6.45, 7) is 0.193. The van der Waals surface area contributed by atoms with Crippen LogP contribution in [0.2, 0.25) is 0 Å². The zero-order valence-electron chi connectivity index (χ0n) is 6.61. The molecule has 4 nitrogen and oxygen atoms in total. The van der Waals surface area contributed by atoms with Gasteiger partial charge in [0.05, 0.1) is 6.26 Å². The molecule has 1 N–H and O–H groups in total. The molecule has 1 heterocycles. The highest BCUT2D eigenvalue weighted by molar-refractivity contribution is 5.00. The Morgan fingerprint density at radius 3 is 2.55 bits per heavy atom. The van der Waals surface area contributed by atoms with Gasteiger partial charge in [-0.1, -0.05) is 0 Å². The summed E-state index contributed by atoms with van der Waals surface area (Å²) in [5, 5.41) is 9.39. The van der Waals surface area contributed by atoms with E-state index in [0.717, 1.165) is 0 Å². The number of aliphatic hydroxyl groups excluding tert-OH is 1. The molecule has 0 aromatic heterocycles. The Balaban J connectivity index is 2.77. The Morgan fingerprint density at radius 2 is 2.18 bits per heavy atom. The van der Waals surface area contributed by atoms with Crippen molar-refractivity contribution in [3.63, 3.8) is 0 Å². The van der Waals surface area contributed by atoms with E-state index in [2.05, 4.69) is 0 Å². The fourth-order valence-electron chi connectivity index (χ4n) is 1.01. The molecule has 1 atom stereocenters. The quantitative estimate of drug-likeness (QED) is 0.572. The summed E-state index contributed by atoms with van der Waals surface area (Å²) in [5.41, 5.74) is 0. The van der Waals surface area contributed by atoms with Gasteiger partial charge in [-0.25, -0.2) is 0 Å². The van der Waals surface area contributed by atoms with E-state index in [1.807, 2.05) is 0 Å². The number of ether oxygens (including phenoxy) is 3. The first kappa shape index (κ1) is 8.52. The third kappa shape index (κ3) is 1.38. The minimum atomic E-state index is -1.03. The van der Waals surface area contributed by atoms with E-state index in [1.165, 1.54) is 20.5 Å². The first-order valence-corrected chi connectivity index (χ1v) is 3.33. The monoisotopic (exact) mass is 160 g/mol. The van der Waals surface area contributed by atoms with E-state index in [1.54, 1.807) is 6.08 Å². The van der Waals surface area contributed by atoms with Crippen molar-refractivity contribution in [2.75, 3.05) is 20.8 Å². The maximum absolute atomic E-state index is 9.39. The second kappa shape index (κ2) is 3.21. The van der Waals surface area contributed by atoms with Crippen molar-refractivity contribution in [1.29, 1.82) is 0 Å². The average Bonchev–Trinajstić information content (AvgIpc) is 2.06. The summed E-state index contributed by atoms with van der Waals surface area (Å²) in [4.78, 5) is 0. The molecule has 0 saturated carbocycles. The van der Waals surface area contributed by atoms with Crippen LogP contribution >= 0.6 is 0 Å². The van der Waals surface area contributed by atoms with Gasteiger partial charge < -0.3 is 19.3 Å². The molecule has 0 spiro atoms. The molecular formula is C7H12O4. The first-order valence-electron chi connectivity index (χ1n) is 3.33. The molecule has 1 unspecified atom stereocenters. The van der Waals surface area contributed by atoms with Crippen LogP contribution in [0.5, 0.6) is 0 Å². The fourth-order valence-corrected chi connectivity index (χ4v) is 1.01. The molecule has 4 heteroatoms. The molecule has 11 heavy (non-hydrogen) atoms. The zero-order chi connectivity index (χ0) is 8.32. The van der Waals surface area contributed by atoms with Gasteiger partial charge >= 0.3 is 0 Å². The zero-order valence-corrected chi connectivity index (χ0v) is 6.61. The molecule has 0 amide bonds. The standard InChI is InChI=1S/C7H12O4/c1-9-7(10-2)3-4-11-5-6(7)8/h3-4,6,8H,5H2,1-2H3. The number of rotatable bonds is 2. The lowest BCUT2D eigenvalue weighted by Crippen LogP contribution is -2.48. The van der Waals surface area contributed by atoms with Crippen LogP contribution in [0.1, 0.15) is 0 Å². The first-order chi connectivity index (χ1) is 5.25. The van der Waals surface area contributed by atoms with Gasteiger partial charge in [0.1, 0.15) is 12.7 Å². The van der Waals surface area contributed by atoms with Crippen molar-refractivity contribution in [1.82, 2.24) is 0 Å². The summed E-state index contributed by atoms with van der Waals surface area (Å²) in [7, 11) is 2.95. The predicted octanol–water partition coefficient (Wildman–Crippen LogP) is -0.120. The maximum Gasteiger partial charge on any atom is 0.220 e. The fraction of sp³-hybridized carbons (Fsp3) is 0.714. The normalized spacial score (nSPS) is 28.1. The summed E-state index contributed by atoms with van der Waals surface area (Å²) in [6, 6.07) is 0. The van der Waals surface area contributed by atoms with Gasteiger partial charge in [0, 0.05) is 20.3 Å². The number of hydrogen-bond acceptors (Lipinski definition) is 4. The van der Waals surface area contributed by atoms with Crippen LogP contribution < -0.4 is 0 Å². The van der Waals surface area contributed by atoms with Gasteiger partial charge in [-0.3, -0.25) is 0 Å². The Bertz CT molecular complexity index is 151. The molecular weight excluding hydrogens is 148 g/mol. The third-order valence-electron chi connectivity index (χ3n) is 1.75. The van der Waals surface area contributed by atoms with Crippen molar-refractivity contribution in [3.8, 4) is 0 Å². The Labute approximate surface area is 65.4 Å². The second-order valence-corrected chi connectivity index (χ2v) is 2.28. The number of methoxy groups -OCH3 is 2. The minimum Gasteiger partial charge on any atom is -0.498 e. The molecule has 1 rings (SSSR count). The molecule has 1 aliphatic heterocycles. The molecule has 0 radical (unpaired) electrons. The average molecular weight is 160 g/mol. The van der Waals surface area contributed by atoms with Crippen molar-refractivity contribution < 1.29 is 19.3 Å². The molecule has 0 fully saturated rings. The van der Waals surface area contributed by atoms with Crippen LogP contribution in [0.3, 0.4) is 0 Å². The van der Waals surface area contributed by atoms with E-state index in [-0.39, 0.29) is 6.61 Å². The lowest BCUT2D eigenvalue weighted by molar-refractivity contribution is -0.241. The van der Waals surface area contributed by atoms with Crippen molar-refractivity contribution in [2.24, 2.45) is 0 Å². The van der Waals surface area contributed by atoms with Crippen molar-refractivity contribution >= 4 is 0 Å². The van der Waals surface area contributed by atoms with E-state index in [4.69, 9.17) is 14.2 Å². The molecule has 0 bridgehead atoms. The number of hydrogen-bond donors (Lipinski definition) is 1. The highest BCUT2D eigenvalue weighted by atomic mass is 16.7. The minimum absolute atomic E-state index is 0.193. The Morgan fingerprint density at radius 1 is 1.55 bits per heavy atom. The Hall–Kier alpha value is -0.580. The van der Waals surface area contributed by atoms with Crippen molar-refractivity contribution in [3.05, 3.63) is 12.3 Å². The predicted molar refractivity (Wildman–Crippen MR) is 37.8 cm³/mol. The van der Waals surface area contributed by atoms with Crippen LogP contribution in [-0.2, 0) is 14.2 Å². The van der Waals surface area contributed by atoms with Gasteiger partial charge in [-0.2, -0.15) is 0 Å². The van der Waals surface area contributed by atoms with Crippen LogP contribution in [0.4, 0.5) is 0 Å². The van der Waals surface area contributed by atoms with Gasteiger partial charge in [-0.15, -0.1) is 0 Å². The van der Waals surface area contributed by atoms with Gasteiger partial charge in [0.15, 0.2) is 0 Å². The van der Waals surface area contributed by atoms with E-state index < -0.39 is 11.9 Å². The maximum atomic E-state index is 9.39. The summed E-state index contributed by atoms with van der Waals surface area (Å²) in [6.07, 6.45) is 2.23. The van der Waals surface area contributed by atoms with Gasteiger partial charge in [-0.05, 0) is 0 Å². The molecule has 0 aliphatic carbocycles. The largest absolute Gasteiger partial charge is 0.498 e. The lowest BCUT2D eigenvalue weighted by atomic mass is 10.1. The highest BCUT2D eigenvalue weighted by Gasteiger charge is 2.38. The number of aliphatic hydroxyl groups is 1. The van der Waals surface area contributed by atoms with Gasteiger partial charge in [0.2, 0.25) is 5.79 Å². The third-order valence-corrected chi connectivity index (χ3v) is 1.75. The van der Waals surface area contributed by atoms with Crippen LogP contribution in [0.15, 0.2) is 12.3 Å². The van der Waals surface area contributed by atoms with E-state index >= 15 is 0 Å². The summed E-state index contributed by atoms with van der Waals surface area (Å²) in [5.74, 6) is -1.03. The molecule has 0 aromatic carbocycles. The van der Waals surface area contributed by atoms with E-state index in [0.29, 0.717) is 0 Å². The van der Waals surface area contributed by atoms with Crippen LogP contribution in [-0.4, -0.2) is 37.8 Å². The highest BCUT2D eigenvalue weighted by Crippen LogP contribution is 2.22.